The average molecular weight is 446 g/mol. The highest BCUT2D eigenvalue weighted by Crippen LogP contribution is 2.36. The first kappa shape index (κ1) is 21.4. The number of piperidine rings is 1. The first-order chi connectivity index (χ1) is 14.9. The number of nitrogens with zero attached hydrogens (tertiary/aromatic N) is 1. The molecule has 0 spiro atoms. The Balaban J connectivity index is 1.52. The summed E-state index contributed by atoms with van der Waals surface area (Å²) in [5.41, 5.74) is 1.10. The number of benzene rings is 2. The number of carbonyl (C=O) groups is 2. The maximum Gasteiger partial charge on any atom is 0.319 e. The zero-order valence-electron chi connectivity index (χ0n) is 17.2. The minimum Gasteiger partial charge on any atom is -0.497 e. The van der Waals surface area contributed by atoms with Gasteiger partial charge in [-0.25, -0.2) is 9.18 Å². The molecule has 0 aromatic heterocycles. The summed E-state index contributed by atoms with van der Waals surface area (Å²) in [6.07, 6.45) is 2.40. The third kappa shape index (κ3) is 5.10. The molecule has 2 N–H and O–H groups in total. The Bertz CT molecular complexity index is 965. The number of hydrogen-bond donors (Lipinski definition) is 2. The molecule has 2 aliphatic rings. The fraction of sp³-hybridized carbons (Fsp3) is 0.391. The number of anilines is 1. The van der Waals surface area contributed by atoms with Crippen molar-refractivity contribution in [1.29, 1.82) is 0 Å². The summed E-state index contributed by atoms with van der Waals surface area (Å²) in [6.45, 7) is 0.891. The Morgan fingerprint density at radius 2 is 1.87 bits per heavy atom. The van der Waals surface area contributed by atoms with Crippen LogP contribution in [-0.2, 0) is 4.79 Å². The summed E-state index contributed by atoms with van der Waals surface area (Å²) in [5.74, 6) is 0.0188. The summed E-state index contributed by atoms with van der Waals surface area (Å²) in [5, 5.41) is 6.30. The van der Waals surface area contributed by atoms with Crippen molar-refractivity contribution in [2.75, 3.05) is 25.5 Å². The molecule has 0 radical (unpaired) electrons. The molecule has 0 unspecified atom stereocenters. The van der Waals surface area contributed by atoms with Gasteiger partial charge in [-0.2, -0.15) is 0 Å². The van der Waals surface area contributed by atoms with Gasteiger partial charge >= 0.3 is 6.03 Å². The lowest BCUT2D eigenvalue weighted by Gasteiger charge is -2.39. The number of rotatable bonds is 5. The molecule has 1 saturated heterocycles. The van der Waals surface area contributed by atoms with Gasteiger partial charge in [0.05, 0.1) is 13.2 Å². The molecule has 2 fully saturated rings. The van der Waals surface area contributed by atoms with Crippen LogP contribution in [0.1, 0.15) is 30.7 Å². The van der Waals surface area contributed by atoms with Crippen molar-refractivity contribution < 1.29 is 18.7 Å². The monoisotopic (exact) mass is 445 g/mol. The SMILES string of the molecule is COc1ccc([C@@H]2CCN(C(=O)C3CC3)C[C@H]2NC(=O)Nc2ccc(Cl)cc2)c(F)c1. The Kier molecular flexibility index (Phi) is 6.32. The van der Waals surface area contributed by atoms with Crippen LogP contribution < -0.4 is 15.4 Å². The number of likely N-dealkylation sites (tertiary alicyclic amines) is 1. The van der Waals surface area contributed by atoms with Crippen LogP contribution in [-0.4, -0.2) is 43.1 Å². The number of amides is 3. The summed E-state index contributed by atoms with van der Waals surface area (Å²) in [4.78, 5) is 27.1. The second-order valence-corrected chi connectivity index (χ2v) is 8.49. The van der Waals surface area contributed by atoms with E-state index in [1.807, 2.05) is 0 Å². The normalized spacial score (nSPS) is 20.8. The van der Waals surface area contributed by atoms with Crippen LogP contribution in [0.15, 0.2) is 42.5 Å². The maximum atomic E-state index is 14.8. The van der Waals surface area contributed by atoms with E-state index in [0.29, 0.717) is 41.5 Å². The van der Waals surface area contributed by atoms with E-state index in [9.17, 15) is 14.0 Å². The largest absolute Gasteiger partial charge is 0.497 e. The zero-order valence-corrected chi connectivity index (χ0v) is 18.0. The van der Waals surface area contributed by atoms with Crippen molar-refractivity contribution in [3.63, 3.8) is 0 Å². The van der Waals surface area contributed by atoms with Crippen molar-refractivity contribution in [1.82, 2.24) is 10.2 Å². The van der Waals surface area contributed by atoms with Gasteiger partial charge in [-0.1, -0.05) is 17.7 Å². The van der Waals surface area contributed by atoms with Crippen LogP contribution in [0.4, 0.5) is 14.9 Å². The highest BCUT2D eigenvalue weighted by atomic mass is 35.5. The van der Waals surface area contributed by atoms with E-state index in [0.717, 1.165) is 12.8 Å². The third-order valence-corrected chi connectivity index (χ3v) is 6.13. The van der Waals surface area contributed by atoms with Crippen LogP contribution in [0.3, 0.4) is 0 Å². The predicted octanol–water partition coefficient (Wildman–Crippen LogP) is 4.40. The van der Waals surface area contributed by atoms with E-state index in [1.165, 1.54) is 13.2 Å². The molecule has 2 aromatic carbocycles. The van der Waals surface area contributed by atoms with Gasteiger partial charge in [0.25, 0.3) is 0 Å². The van der Waals surface area contributed by atoms with Crippen molar-refractivity contribution in [3.05, 3.63) is 58.9 Å². The molecule has 1 saturated carbocycles. The smallest absolute Gasteiger partial charge is 0.319 e. The summed E-state index contributed by atoms with van der Waals surface area (Å²) >= 11 is 5.89. The number of ether oxygens (including phenoxy) is 1. The van der Waals surface area contributed by atoms with Crippen LogP contribution in [0.2, 0.25) is 5.02 Å². The van der Waals surface area contributed by atoms with Crippen LogP contribution in [0.5, 0.6) is 5.75 Å². The van der Waals surface area contributed by atoms with Crippen molar-refractivity contribution in [2.24, 2.45) is 5.92 Å². The quantitative estimate of drug-likeness (QED) is 0.716. The molecular formula is C23H25ClFN3O3. The van der Waals surface area contributed by atoms with Gasteiger partial charge in [-0.3, -0.25) is 4.79 Å². The van der Waals surface area contributed by atoms with Gasteiger partial charge in [0, 0.05) is 41.7 Å². The summed E-state index contributed by atoms with van der Waals surface area (Å²) in [6, 6.07) is 10.7. The van der Waals surface area contributed by atoms with E-state index in [2.05, 4.69) is 10.6 Å². The highest BCUT2D eigenvalue weighted by Gasteiger charge is 2.39. The van der Waals surface area contributed by atoms with Gasteiger partial charge in [0.1, 0.15) is 11.6 Å². The second kappa shape index (κ2) is 9.14. The molecule has 164 valence electrons. The molecule has 2 atom stereocenters. The van der Waals surface area contributed by atoms with E-state index in [4.69, 9.17) is 16.3 Å². The predicted molar refractivity (Wildman–Crippen MR) is 117 cm³/mol. The van der Waals surface area contributed by atoms with Crippen LogP contribution in [0.25, 0.3) is 0 Å². The first-order valence-corrected chi connectivity index (χ1v) is 10.8. The lowest BCUT2D eigenvalue weighted by Crippen LogP contribution is -2.54. The Morgan fingerprint density at radius 3 is 2.52 bits per heavy atom. The number of nitrogens with one attached hydrogen (secondary N) is 2. The molecule has 1 aliphatic carbocycles. The van der Waals surface area contributed by atoms with E-state index < -0.39 is 12.1 Å². The number of methoxy groups -OCH3 is 1. The zero-order chi connectivity index (χ0) is 22.0. The van der Waals surface area contributed by atoms with Crippen LogP contribution >= 0.6 is 11.6 Å². The van der Waals surface area contributed by atoms with Crippen molar-refractivity contribution in [2.45, 2.75) is 31.2 Å². The Labute approximate surface area is 185 Å². The Morgan fingerprint density at radius 1 is 1.13 bits per heavy atom. The van der Waals surface area contributed by atoms with Gasteiger partial charge in [0.2, 0.25) is 5.91 Å². The van der Waals surface area contributed by atoms with Gasteiger partial charge in [-0.15, -0.1) is 0 Å². The van der Waals surface area contributed by atoms with Crippen molar-refractivity contribution >= 4 is 29.2 Å². The molecule has 0 bridgehead atoms. The second-order valence-electron chi connectivity index (χ2n) is 8.05. The molecule has 6 nitrogen and oxygen atoms in total. The fourth-order valence-electron chi connectivity index (χ4n) is 4.06. The number of carbonyl (C=O) groups excluding carboxylic acids is 2. The molecule has 2 aromatic rings. The standard InChI is InChI=1S/C23H25ClFN3O3/c1-31-17-8-9-18(20(25)12-17)19-10-11-28(22(29)14-2-3-14)13-21(19)27-23(30)26-16-6-4-15(24)5-7-16/h4-9,12,14,19,21H,2-3,10-11,13H2,1H3,(H2,26,27,30)/t19-,21+/m0/s1. The van der Waals surface area contributed by atoms with Gasteiger partial charge in [-0.05, 0) is 55.2 Å². The molecule has 31 heavy (non-hydrogen) atoms. The summed E-state index contributed by atoms with van der Waals surface area (Å²) < 4.78 is 19.9. The summed E-state index contributed by atoms with van der Waals surface area (Å²) in [7, 11) is 1.49. The van der Waals surface area contributed by atoms with E-state index in [1.54, 1.807) is 41.3 Å². The molecule has 4 rings (SSSR count). The number of urea groups is 1. The topological polar surface area (TPSA) is 70.7 Å². The van der Waals surface area contributed by atoms with E-state index in [-0.39, 0.29) is 23.6 Å². The molecule has 8 heteroatoms. The first-order valence-electron chi connectivity index (χ1n) is 10.4. The third-order valence-electron chi connectivity index (χ3n) is 5.88. The molecule has 1 aliphatic heterocycles. The number of halogens is 2. The Hall–Kier alpha value is -2.80. The van der Waals surface area contributed by atoms with Crippen molar-refractivity contribution in [3.8, 4) is 5.75 Å². The lowest BCUT2D eigenvalue weighted by molar-refractivity contribution is -0.134. The number of hydrogen-bond acceptors (Lipinski definition) is 3. The minimum atomic E-state index is -0.424. The fourth-order valence-corrected chi connectivity index (χ4v) is 4.19. The molecule has 1 heterocycles. The van der Waals surface area contributed by atoms with Gasteiger partial charge < -0.3 is 20.3 Å². The maximum absolute atomic E-state index is 14.8. The van der Waals surface area contributed by atoms with E-state index >= 15 is 0 Å². The minimum absolute atomic E-state index is 0.0952. The highest BCUT2D eigenvalue weighted by molar-refractivity contribution is 6.30. The van der Waals surface area contributed by atoms with Gasteiger partial charge in [0.15, 0.2) is 0 Å². The molecular weight excluding hydrogens is 421 g/mol. The average Bonchev–Trinajstić information content (AvgIpc) is 3.60. The molecule has 3 amide bonds. The lowest BCUT2D eigenvalue weighted by atomic mass is 9.84. The van der Waals surface area contributed by atoms with Crippen LogP contribution in [0, 0.1) is 11.7 Å².